The van der Waals surface area contributed by atoms with Gasteiger partial charge in [0, 0.05) is 30.6 Å². The van der Waals surface area contributed by atoms with Gasteiger partial charge in [-0.1, -0.05) is 30.3 Å². The number of amides is 3. The number of benzene rings is 2. The highest BCUT2D eigenvalue weighted by atomic mass is 16.5. The van der Waals surface area contributed by atoms with E-state index in [0.29, 0.717) is 18.7 Å². The van der Waals surface area contributed by atoms with Crippen LogP contribution >= 0.6 is 0 Å². The largest absolute Gasteiger partial charge is 0.497 e. The van der Waals surface area contributed by atoms with E-state index < -0.39 is 6.04 Å². The van der Waals surface area contributed by atoms with Crippen molar-refractivity contribution in [1.29, 1.82) is 0 Å². The second kappa shape index (κ2) is 8.30. The van der Waals surface area contributed by atoms with Crippen LogP contribution < -0.4 is 10.1 Å². The van der Waals surface area contributed by atoms with E-state index in [9.17, 15) is 14.4 Å². The average Bonchev–Trinajstić information content (AvgIpc) is 3.46. The Morgan fingerprint density at radius 2 is 1.81 bits per heavy atom. The van der Waals surface area contributed by atoms with E-state index in [1.54, 1.807) is 18.1 Å². The maximum Gasteiger partial charge on any atom is 0.255 e. The molecule has 2 aliphatic heterocycles. The van der Waals surface area contributed by atoms with Gasteiger partial charge in [0.25, 0.3) is 5.91 Å². The Balaban J connectivity index is 1.20. The number of nitrogens with zero attached hydrogens (tertiary/aromatic N) is 2. The lowest BCUT2D eigenvalue weighted by molar-refractivity contribution is -0.133. The lowest BCUT2D eigenvalue weighted by Crippen LogP contribution is -2.44. The molecular weight excluding hydrogens is 406 g/mol. The second-order valence-corrected chi connectivity index (χ2v) is 8.75. The molecular formula is C25H27N3O4. The molecule has 2 atom stereocenters. The van der Waals surface area contributed by atoms with Crippen LogP contribution in [-0.4, -0.2) is 60.3 Å². The molecule has 0 spiro atoms. The van der Waals surface area contributed by atoms with Gasteiger partial charge in [0.05, 0.1) is 13.7 Å². The molecule has 2 aromatic rings. The summed E-state index contributed by atoms with van der Waals surface area (Å²) in [5, 5.41) is 2.80. The lowest BCUT2D eigenvalue weighted by atomic mass is 9.98. The highest BCUT2D eigenvalue weighted by Gasteiger charge is 2.47. The minimum absolute atomic E-state index is 0.0560. The number of carbonyl (C=O) groups is 3. The topological polar surface area (TPSA) is 79.0 Å². The average molecular weight is 434 g/mol. The van der Waals surface area contributed by atoms with Crippen molar-refractivity contribution in [3.8, 4) is 5.75 Å². The SMILES string of the molecule is COc1ccc(C2CCN(C(=O)CNC(=O)C3c4ccccc4C(=O)N3C3CC3)C2)cc1. The van der Waals surface area contributed by atoms with Crippen molar-refractivity contribution >= 4 is 17.7 Å². The Morgan fingerprint density at radius 3 is 2.53 bits per heavy atom. The predicted molar refractivity (Wildman–Crippen MR) is 118 cm³/mol. The molecule has 2 unspecified atom stereocenters. The summed E-state index contributed by atoms with van der Waals surface area (Å²) in [6, 6.07) is 14.7. The molecule has 7 heteroatoms. The van der Waals surface area contributed by atoms with Crippen LogP contribution in [-0.2, 0) is 9.59 Å². The normalized spacial score (nSPS) is 22.1. The molecule has 1 saturated heterocycles. The number of ether oxygens (including phenoxy) is 1. The third-order valence-corrected chi connectivity index (χ3v) is 6.73. The van der Waals surface area contributed by atoms with Crippen LogP contribution in [0.3, 0.4) is 0 Å². The maximum atomic E-state index is 13.1. The summed E-state index contributed by atoms with van der Waals surface area (Å²) in [5.41, 5.74) is 2.51. The fourth-order valence-corrected chi connectivity index (χ4v) is 4.84. The molecule has 2 aromatic carbocycles. The Kier molecular flexibility index (Phi) is 5.33. The Bertz CT molecular complexity index is 1050. The molecule has 5 rings (SSSR count). The molecule has 7 nitrogen and oxygen atoms in total. The van der Waals surface area contributed by atoms with Crippen LogP contribution in [0.2, 0.25) is 0 Å². The first-order valence-electron chi connectivity index (χ1n) is 11.2. The predicted octanol–water partition coefficient (Wildman–Crippen LogP) is 2.49. The van der Waals surface area contributed by atoms with Gasteiger partial charge in [0.15, 0.2) is 0 Å². The van der Waals surface area contributed by atoms with Crippen LogP contribution in [0.5, 0.6) is 5.75 Å². The van der Waals surface area contributed by atoms with Crippen LogP contribution in [0, 0.1) is 0 Å². The van der Waals surface area contributed by atoms with Gasteiger partial charge >= 0.3 is 0 Å². The zero-order chi connectivity index (χ0) is 22.2. The van der Waals surface area contributed by atoms with Gasteiger partial charge in [-0.2, -0.15) is 0 Å². The molecule has 1 saturated carbocycles. The van der Waals surface area contributed by atoms with E-state index >= 15 is 0 Å². The lowest BCUT2D eigenvalue weighted by Gasteiger charge is -2.25. The first-order chi connectivity index (χ1) is 15.6. The smallest absolute Gasteiger partial charge is 0.255 e. The summed E-state index contributed by atoms with van der Waals surface area (Å²) in [5.74, 6) is 0.635. The molecule has 0 bridgehead atoms. The summed E-state index contributed by atoms with van der Waals surface area (Å²) in [6.45, 7) is 1.25. The number of rotatable bonds is 6. The highest BCUT2D eigenvalue weighted by Crippen LogP contribution is 2.41. The molecule has 1 aliphatic carbocycles. The molecule has 0 aromatic heterocycles. The van der Waals surface area contributed by atoms with Crippen LogP contribution in [0.4, 0.5) is 0 Å². The maximum absolute atomic E-state index is 13.1. The monoisotopic (exact) mass is 433 g/mol. The summed E-state index contributed by atoms with van der Waals surface area (Å²) in [6.07, 6.45) is 2.73. The fourth-order valence-electron chi connectivity index (χ4n) is 4.84. The Hall–Kier alpha value is -3.35. The minimum Gasteiger partial charge on any atom is -0.497 e. The summed E-state index contributed by atoms with van der Waals surface area (Å²) in [7, 11) is 1.64. The van der Waals surface area contributed by atoms with E-state index in [2.05, 4.69) is 5.32 Å². The Labute approximate surface area is 187 Å². The number of hydrogen-bond donors (Lipinski definition) is 1. The van der Waals surface area contributed by atoms with Gasteiger partial charge in [-0.3, -0.25) is 14.4 Å². The Morgan fingerprint density at radius 1 is 1.06 bits per heavy atom. The standard InChI is InChI=1S/C25H27N3O4/c1-32-19-10-6-16(7-11-19)17-12-13-27(15-17)22(29)14-26-24(30)23-20-4-2-3-5-21(20)25(31)28(23)18-8-9-18/h2-7,10-11,17-18,23H,8-9,12-15H2,1H3,(H,26,30). The third-order valence-electron chi connectivity index (χ3n) is 6.73. The van der Waals surface area contributed by atoms with Gasteiger partial charge in [0.1, 0.15) is 11.8 Å². The van der Waals surface area contributed by atoms with Gasteiger partial charge < -0.3 is 19.9 Å². The van der Waals surface area contributed by atoms with Gasteiger partial charge in [-0.05, 0) is 48.6 Å². The molecule has 1 N–H and O–H groups in total. The molecule has 166 valence electrons. The molecule has 32 heavy (non-hydrogen) atoms. The molecule has 3 aliphatic rings. The van der Waals surface area contributed by atoms with E-state index in [-0.39, 0.29) is 36.2 Å². The van der Waals surface area contributed by atoms with Crippen molar-refractivity contribution < 1.29 is 19.1 Å². The van der Waals surface area contributed by atoms with Crippen molar-refractivity contribution in [3.05, 3.63) is 65.2 Å². The number of hydrogen-bond acceptors (Lipinski definition) is 4. The zero-order valence-corrected chi connectivity index (χ0v) is 18.1. The van der Waals surface area contributed by atoms with Crippen molar-refractivity contribution in [2.24, 2.45) is 0 Å². The highest BCUT2D eigenvalue weighted by molar-refractivity contribution is 6.05. The first-order valence-corrected chi connectivity index (χ1v) is 11.2. The zero-order valence-electron chi connectivity index (χ0n) is 18.1. The first kappa shape index (κ1) is 20.5. The third kappa shape index (κ3) is 3.72. The fraction of sp³-hybridized carbons (Fsp3) is 0.400. The van der Waals surface area contributed by atoms with E-state index in [1.807, 2.05) is 47.4 Å². The number of likely N-dealkylation sites (tertiary alicyclic amines) is 1. The minimum atomic E-state index is -0.648. The number of nitrogens with one attached hydrogen (secondary N) is 1. The van der Waals surface area contributed by atoms with Crippen LogP contribution in [0.1, 0.15) is 52.7 Å². The molecule has 2 fully saturated rings. The summed E-state index contributed by atoms with van der Waals surface area (Å²) < 4.78 is 5.21. The number of fused-ring (bicyclic) bond motifs is 1. The van der Waals surface area contributed by atoms with Crippen molar-refractivity contribution in [2.75, 3.05) is 26.7 Å². The molecule has 2 heterocycles. The molecule has 3 amide bonds. The van der Waals surface area contributed by atoms with Crippen molar-refractivity contribution in [2.45, 2.75) is 37.3 Å². The summed E-state index contributed by atoms with van der Waals surface area (Å²) in [4.78, 5) is 42.2. The number of carbonyl (C=O) groups excluding carboxylic acids is 3. The van der Waals surface area contributed by atoms with Gasteiger partial charge in [-0.15, -0.1) is 0 Å². The number of methoxy groups -OCH3 is 1. The van der Waals surface area contributed by atoms with Crippen LogP contribution in [0.15, 0.2) is 48.5 Å². The van der Waals surface area contributed by atoms with Crippen molar-refractivity contribution in [1.82, 2.24) is 15.1 Å². The molecule has 0 radical (unpaired) electrons. The van der Waals surface area contributed by atoms with E-state index in [4.69, 9.17) is 4.74 Å². The van der Waals surface area contributed by atoms with Crippen LogP contribution in [0.25, 0.3) is 0 Å². The summed E-state index contributed by atoms with van der Waals surface area (Å²) >= 11 is 0. The van der Waals surface area contributed by atoms with E-state index in [0.717, 1.165) is 30.6 Å². The van der Waals surface area contributed by atoms with Crippen molar-refractivity contribution in [3.63, 3.8) is 0 Å². The quantitative estimate of drug-likeness (QED) is 0.759. The van der Waals surface area contributed by atoms with Gasteiger partial charge in [-0.25, -0.2) is 0 Å². The van der Waals surface area contributed by atoms with E-state index in [1.165, 1.54) is 5.56 Å². The second-order valence-electron chi connectivity index (χ2n) is 8.75. The van der Waals surface area contributed by atoms with Gasteiger partial charge in [0.2, 0.25) is 11.8 Å².